The van der Waals surface area contributed by atoms with Crippen molar-refractivity contribution in [3.63, 3.8) is 0 Å². The molecule has 1 aromatic rings. The minimum atomic E-state index is -0.105. The smallest absolute Gasteiger partial charge is 0.231 e. The van der Waals surface area contributed by atoms with Gasteiger partial charge in [-0.2, -0.15) is 5.06 Å². The number of rotatable bonds is 1. The molecule has 4 nitrogen and oxygen atoms in total. The Bertz CT molecular complexity index is 629. The highest BCUT2D eigenvalue weighted by Crippen LogP contribution is 2.53. The lowest BCUT2D eigenvalue weighted by molar-refractivity contribution is -0.182. The number of nitrogens with zero attached hydrogens (tertiary/aromatic N) is 1. The van der Waals surface area contributed by atoms with Crippen LogP contribution in [-0.4, -0.2) is 30.5 Å². The highest BCUT2D eigenvalue weighted by Gasteiger charge is 2.55. The lowest BCUT2D eigenvalue weighted by atomic mass is 9.59. The monoisotopic (exact) mass is 317 g/mol. The molecule has 126 valence electrons. The van der Waals surface area contributed by atoms with E-state index in [0.717, 1.165) is 24.3 Å². The molecule has 1 saturated heterocycles. The normalized spacial score (nSPS) is 38.6. The van der Waals surface area contributed by atoms with Crippen molar-refractivity contribution in [3.8, 4) is 11.5 Å². The second-order valence-electron chi connectivity index (χ2n) is 8.35. The maximum atomic E-state index is 6.16. The molecule has 0 aromatic heterocycles. The maximum Gasteiger partial charge on any atom is 0.231 e. The first-order valence-electron chi connectivity index (χ1n) is 8.62. The van der Waals surface area contributed by atoms with Crippen molar-refractivity contribution in [1.29, 1.82) is 0 Å². The summed E-state index contributed by atoms with van der Waals surface area (Å²) < 4.78 is 11.1. The summed E-state index contributed by atoms with van der Waals surface area (Å²) in [6.45, 7) is 9.55. The molecule has 2 heterocycles. The van der Waals surface area contributed by atoms with E-state index < -0.39 is 0 Å². The van der Waals surface area contributed by atoms with Gasteiger partial charge in [-0.15, -0.1) is 0 Å². The summed E-state index contributed by atoms with van der Waals surface area (Å²) in [5.41, 5.74) is 1.40. The SMILES string of the molecule is CC1CC(C)(c2ccc3c(c2)OCO3)CC2C1N(C)OC2(C)C. The number of fused-ring (bicyclic) bond motifs is 2. The molecule has 2 aliphatic heterocycles. The molecule has 1 aromatic carbocycles. The number of hydroxylamine groups is 2. The second-order valence-corrected chi connectivity index (χ2v) is 8.35. The van der Waals surface area contributed by atoms with Gasteiger partial charge in [0.2, 0.25) is 6.79 Å². The van der Waals surface area contributed by atoms with Crippen molar-refractivity contribution in [2.75, 3.05) is 13.8 Å². The minimum Gasteiger partial charge on any atom is -0.454 e. The van der Waals surface area contributed by atoms with Gasteiger partial charge in [0.05, 0.1) is 5.60 Å². The van der Waals surface area contributed by atoms with Crippen LogP contribution in [0.25, 0.3) is 0 Å². The van der Waals surface area contributed by atoms with Crippen LogP contribution in [0.1, 0.15) is 46.1 Å². The Morgan fingerprint density at radius 3 is 2.61 bits per heavy atom. The van der Waals surface area contributed by atoms with Crippen LogP contribution in [-0.2, 0) is 10.3 Å². The summed E-state index contributed by atoms with van der Waals surface area (Å²) in [6, 6.07) is 6.96. The van der Waals surface area contributed by atoms with Gasteiger partial charge in [-0.3, -0.25) is 4.84 Å². The highest BCUT2D eigenvalue weighted by atomic mass is 16.7. The zero-order chi connectivity index (χ0) is 16.4. The van der Waals surface area contributed by atoms with Gasteiger partial charge in [-0.05, 0) is 55.7 Å². The van der Waals surface area contributed by atoms with Crippen LogP contribution in [0.15, 0.2) is 18.2 Å². The zero-order valence-electron chi connectivity index (χ0n) is 14.8. The van der Waals surface area contributed by atoms with Gasteiger partial charge >= 0.3 is 0 Å². The first-order valence-corrected chi connectivity index (χ1v) is 8.62. The van der Waals surface area contributed by atoms with Crippen LogP contribution in [0.4, 0.5) is 0 Å². The molecule has 4 heteroatoms. The third-order valence-electron chi connectivity index (χ3n) is 6.20. The molecular formula is C19H27NO3. The third-order valence-corrected chi connectivity index (χ3v) is 6.20. The summed E-state index contributed by atoms with van der Waals surface area (Å²) in [5.74, 6) is 2.88. The molecule has 0 spiro atoms. The standard InChI is InChI=1S/C19H27NO3/c1-12-9-19(4,10-14-17(12)20(5)23-18(14,2)3)13-6-7-15-16(8-13)22-11-21-15/h6-8,12,14,17H,9-11H2,1-5H3. The van der Waals surface area contributed by atoms with E-state index in [-0.39, 0.29) is 11.0 Å². The molecule has 1 saturated carbocycles. The first kappa shape index (κ1) is 15.3. The van der Waals surface area contributed by atoms with Crippen LogP contribution in [0, 0.1) is 11.8 Å². The summed E-state index contributed by atoms with van der Waals surface area (Å²) in [5, 5.41) is 2.11. The Balaban J connectivity index is 1.69. The van der Waals surface area contributed by atoms with E-state index >= 15 is 0 Å². The molecule has 2 fully saturated rings. The average Bonchev–Trinajstić information content (AvgIpc) is 3.00. The molecule has 4 rings (SSSR count). The fraction of sp³-hybridized carbons (Fsp3) is 0.684. The van der Waals surface area contributed by atoms with Crippen molar-refractivity contribution in [2.45, 2.75) is 57.6 Å². The summed E-state index contributed by atoms with van der Waals surface area (Å²) in [6.07, 6.45) is 2.30. The van der Waals surface area contributed by atoms with Gasteiger partial charge in [0, 0.05) is 19.0 Å². The molecule has 3 aliphatic rings. The van der Waals surface area contributed by atoms with E-state index in [1.807, 2.05) is 0 Å². The molecule has 0 amide bonds. The van der Waals surface area contributed by atoms with E-state index in [0.29, 0.717) is 24.7 Å². The summed E-state index contributed by atoms with van der Waals surface area (Å²) in [4.78, 5) is 6.16. The molecule has 0 N–H and O–H groups in total. The molecule has 0 bridgehead atoms. The number of hydrogen-bond donors (Lipinski definition) is 0. The Morgan fingerprint density at radius 2 is 1.83 bits per heavy atom. The van der Waals surface area contributed by atoms with E-state index in [1.54, 1.807) is 0 Å². The van der Waals surface area contributed by atoms with Gasteiger partial charge in [-0.1, -0.05) is 19.9 Å². The first-order chi connectivity index (χ1) is 10.8. The van der Waals surface area contributed by atoms with Crippen molar-refractivity contribution in [2.24, 2.45) is 11.8 Å². The minimum absolute atomic E-state index is 0.105. The molecular weight excluding hydrogens is 290 g/mol. The average molecular weight is 317 g/mol. The van der Waals surface area contributed by atoms with E-state index in [4.69, 9.17) is 14.3 Å². The number of hydrogen-bond acceptors (Lipinski definition) is 4. The van der Waals surface area contributed by atoms with Gasteiger partial charge < -0.3 is 9.47 Å². The molecule has 0 radical (unpaired) electrons. The molecule has 1 aliphatic carbocycles. The van der Waals surface area contributed by atoms with Gasteiger partial charge in [0.25, 0.3) is 0 Å². The summed E-state index contributed by atoms with van der Waals surface area (Å²) in [7, 11) is 2.09. The van der Waals surface area contributed by atoms with Crippen LogP contribution in [0.3, 0.4) is 0 Å². The van der Waals surface area contributed by atoms with Crippen molar-refractivity contribution in [1.82, 2.24) is 5.06 Å². The Hall–Kier alpha value is -1.26. The van der Waals surface area contributed by atoms with Crippen LogP contribution in [0.5, 0.6) is 11.5 Å². The van der Waals surface area contributed by atoms with Gasteiger partial charge in [0.15, 0.2) is 11.5 Å². The maximum absolute atomic E-state index is 6.16. The Labute approximate surface area is 138 Å². The zero-order valence-corrected chi connectivity index (χ0v) is 14.8. The van der Waals surface area contributed by atoms with Gasteiger partial charge in [0.1, 0.15) is 0 Å². The second kappa shape index (κ2) is 4.87. The third kappa shape index (κ3) is 2.26. The summed E-state index contributed by atoms with van der Waals surface area (Å²) >= 11 is 0. The van der Waals surface area contributed by atoms with Crippen LogP contribution < -0.4 is 9.47 Å². The fourth-order valence-corrected chi connectivity index (χ4v) is 5.19. The molecule has 23 heavy (non-hydrogen) atoms. The van der Waals surface area contributed by atoms with Crippen molar-refractivity contribution in [3.05, 3.63) is 23.8 Å². The van der Waals surface area contributed by atoms with Crippen LogP contribution >= 0.6 is 0 Å². The topological polar surface area (TPSA) is 30.9 Å². The van der Waals surface area contributed by atoms with Crippen molar-refractivity contribution >= 4 is 0 Å². The van der Waals surface area contributed by atoms with E-state index in [2.05, 4.69) is 58.0 Å². The quantitative estimate of drug-likeness (QED) is 0.789. The van der Waals surface area contributed by atoms with E-state index in [9.17, 15) is 0 Å². The predicted molar refractivity (Wildman–Crippen MR) is 88.5 cm³/mol. The van der Waals surface area contributed by atoms with Crippen LogP contribution in [0.2, 0.25) is 0 Å². The largest absolute Gasteiger partial charge is 0.454 e. The number of ether oxygens (including phenoxy) is 2. The lowest BCUT2D eigenvalue weighted by Crippen LogP contribution is -2.48. The Morgan fingerprint density at radius 1 is 1.09 bits per heavy atom. The fourth-order valence-electron chi connectivity index (χ4n) is 5.19. The van der Waals surface area contributed by atoms with E-state index in [1.165, 1.54) is 5.56 Å². The molecule has 4 unspecified atom stereocenters. The van der Waals surface area contributed by atoms with Crippen molar-refractivity contribution < 1.29 is 14.3 Å². The molecule has 4 atom stereocenters. The lowest BCUT2D eigenvalue weighted by Gasteiger charge is -2.46. The highest BCUT2D eigenvalue weighted by molar-refractivity contribution is 5.46. The Kier molecular flexibility index (Phi) is 3.23. The van der Waals surface area contributed by atoms with Gasteiger partial charge in [-0.25, -0.2) is 0 Å². The number of benzene rings is 1. The predicted octanol–water partition coefficient (Wildman–Crippen LogP) is 3.74.